The van der Waals surface area contributed by atoms with Crippen molar-refractivity contribution in [2.45, 2.75) is 0 Å². The molecule has 2 amide bonds. The van der Waals surface area contributed by atoms with Crippen LogP contribution in [0.1, 0.15) is 5.56 Å². The number of rotatable bonds is 4. The van der Waals surface area contributed by atoms with Gasteiger partial charge >= 0.3 is 0 Å². The van der Waals surface area contributed by atoms with Gasteiger partial charge in [0, 0.05) is 38.6 Å². The third-order valence-corrected chi connectivity index (χ3v) is 5.62. The molecule has 0 unspecified atom stereocenters. The minimum atomic E-state index is -0.505. The van der Waals surface area contributed by atoms with Crippen LogP contribution in [0.2, 0.25) is 0 Å². The maximum absolute atomic E-state index is 13.9. The van der Waals surface area contributed by atoms with Gasteiger partial charge in [0.15, 0.2) is 0 Å². The second-order valence-electron chi connectivity index (χ2n) is 7.54. The Morgan fingerprint density at radius 3 is 2.12 bits per heavy atom. The Bertz CT molecular complexity index is 1190. The van der Waals surface area contributed by atoms with Crippen molar-refractivity contribution >= 4 is 29.0 Å². The second kappa shape index (κ2) is 8.22. The lowest BCUT2D eigenvalue weighted by Gasteiger charge is -2.36. The third kappa shape index (κ3) is 3.49. The summed E-state index contributed by atoms with van der Waals surface area (Å²) >= 11 is 0. The van der Waals surface area contributed by atoms with E-state index in [4.69, 9.17) is 0 Å². The van der Waals surface area contributed by atoms with E-state index in [0.717, 1.165) is 4.90 Å². The molecule has 8 heteroatoms. The molecule has 0 bridgehead atoms. The van der Waals surface area contributed by atoms with E-state index in [1.54, 1.807) is 24.5 Å². The van der Waals surface area contributed by atoms with Gasteiger partial charge in [-0.25, -0.2) is 19.3 Å². The standard InChI is InChI=1S/C24H20FN5O2/c25-18-8-4-9-19(16-18)30-22(31)20(17-6-2-1-3-7-17)21(23(30)32)28-12-14-29(15-13-28)24-26-10-5-11-27-24/h1-11,16H,12-15H2. The molecule has 0 aliphatic carbocycles. The molecule has 3 heterocycles. The van der Waals surface area contributed by atoms with E-state index < -0.39 is 17.6 Å². The fourth-order valence-corrected chi connectivity index (χ4v) is 4.11. The molecule has 0 radical (unpaired) electrons. The molecule has 0 atom stereocenters. The first-order valence-electron chi connectivity index (χ1n) is 10.3. The van der Waals surface area contributed by atoms with Crippen LogP contribution >= 0.6 is 0 Å². The summed E-state index contributed by atoms with van der Waals surface area (Å²) in [6.07, 6.45) is 3.39. The molecule has 2 aliphatic rings. The van der Waals surface area contributed by atoms with E-state index in [2.05, 4.69) is 9.97 Å². The lowest BCUT2D eigenvalue weighted by atomic mass is 10.0. The van der Waals surface area contributed by atoms with Gasteiger partial charge in [-0.15, -0.1) is 0 Å². The predicted molar refractivity (Wildman–Crippen MR) is 118 cm³/mol. The van der Waals surface area contributed by atoms with Crippen LogP contribution in [-0.4, -0.2) is 52.9 Å². The number of benzene rings is 2. The number of hydrogen-bond acceptors (Lipinski definition) is 6. The van der Waals surface area contributed by atoms with Crippen molar-refractivity contribution in [2.24, 2.45) is 0 Å². The highest BCUT2D eigenvalue weighted by molar-refractivity contribution is 6.45. The fraction of sp³-hybridized carbons (Fsp3) is 0.167. The zero-order chi connectivity index (χ0) is 22.1. The van der Waals surface area contributed by atoms with Gasteiger partial charge in [-0.1, -0.05) is 36.4 Å². The van der Waals surface area contributed by atoms with E-state index >= 15 is 0 Å². The number of hydrogen-bond donors (Lipinski definition) is 0. The van der Waals surface area contributed by atoms with Crippen molar-refractivity contribution in [3.8, 4) is 0 Å². The smallest absolute Gasteiger partial charge is 0.282 e. The van der Waals surface area contributed by atoms with Crippen molar-refractivity contribution in [3.63, 3.8) is 0 Å². The quantitative estimate of drug-likeness (QED) is 0.594. The molecule has 1 fully saturated rings. The first kappa shape index (κ1) is 19.9. The highest BCUT2D eigenvalue weighted by Gasteiger charge is 2.43. The maximum atomic E-state index is 13.9. The predicted octanol–water partition coefficient (Wildman–Crippen LogP) is 2.72. The molecule has 5 rings (SSSR count). The van der Waals surface area contributed by atoms with Gasteiger partial charge in [-0.05, 0) is 29.8 Å². The highest BCUT2D eigenvalue weighted by Crippen LogP contribution is 2.35. The zero-order valence-corrected chi connectivity index (χ0v) is 17.2. The van der Waals surface area contributed by atoms with Crippen LogP contribution in [-0.2, 0) is 9.59 Å². The monoisotopic (exact) mass is 429 g/mol. The summed E-state index contributed by atoms with van der Waals surface area (Å²) in [5.41, 5.74) is 1.57. The number of anilines is 2. The van der Waals surface area contributed by atoms with Crippen LogP contribution in [0, 0.1) is 5.82 Å². The molecule has 1 saturated heterocycles. The molecule has 2 aliphatic heterocycles. The number of amides is 2. The van der Waals surface area contributed by atoms with Crippen molar-refractivity contribution in [1.29, 1.82) is 0 Å². The number of imide groups is 1. The zero-order valence-electron chi connectivity index (χ0n) is 17.2. The fourth-order valence-electron chi connectivity index (χ4n) is 4.11. The Labute approximate surface area is 184 Å². The van der Waals surface area contributed by atoms with Crippen molar-refractivity contribution in [1.82, 2.24) is 14.9 Å². The van der Waals surface area contributed by atoms with E-state index in [0.29, 0.717) is 49.0 Å². The summed E-state index contributed by atoms with van der Waals surface area (Å²) in [5, 5.41) is 0. The molecule has 7 nitrogen and oxygen atoms in total. The lowest BCUT2D eigenvalue weighted by molar-refractivity contribution is -0.120. The largest absolute Gasteiger partial charge is 0.363 e. The van der Waals surface area contributed by atoms with Gasteiger partial charge in [0.1, 0.15) is 11.5 Å². The first-order chi connectivity index (χ1) is 15.6. The Kier molecular flexibility index (Phi) is 5.10. The summed E-state index contributed by atoms with van der Waals surface area (Å²) in [6.45, 7) is 2.27. The number of halogens is 1. The molecule has 3 aromatic rings. The van der Waals surface area contributed by atoms with Crippen LogP contribution < -0.4 is 9.80 Å². The Morgan fingerprint density at radius 1 is 0.750 bits per heavy atom. The van der Waals surface area contributed by atoms with Crippen molar-refractivity contribution < 1.29 is 14.0 Å². The minimum Gasteiger partial charge on any atom is -0.363 e. The average molecular weight is 429 g/mol. The number of carbonyl (C=O) groups is 2. The van der Waals surface area contributed by atoms with Gasteiger partial charge in [0.05, 0.1) is 11.3 Å². The second-order valence-corrected chi connectivity index (χ2v) is 7.54. The van der Waals surface area contributed by atoms with Gasteiger partial charge in [-0.3, -0.25) is 9.59 Å². The third-order valence-electron chi connectivity index (χ3n) is 5.62. The van der Waals surface area contributed by atoms with Crippen LogP contribution in [0.25, 0.3) is 5.57 Å². The van der Waals surface area contributed by atoms with E-state index in [-0.39, 0.29) is 5.69 Å². The summed E-state index contributed by atoms with van der Waals surface area (Å²) in [7, 11) is 0. The first-order valence-corrected chi connectivity index (χ1v) is 10.3. The summed E-state index contributed by atoms with van der Waals surface area (Å²) in [4.78, 5) is 40.6. The summed E-state index contributed by atoms with van der Waals surface area (Å²) in [5.74, 6) is -0.756. The Morgan fingerprint density at radius 2 is 1.44 bits per heavy atom. The van der Waals surface area contributed by atoms with Gasteiger partial charge in [0.2, 0.25) is 5.95 Å². The summed E-state index contributed by atoms with van der Waals surface area (Å²) < 4.78 is 13.9. The van der Waals surface area contributed by atoms with Crippen LogP contribution in [0.3, 0.4) is 0 Å². The SMILES string of the molecule is O=C1C(c2ccccc2)=C(N2CCN(c3ncccn3)CC2)C(=O)N1c1cccc(F)c1. The lowest BCUT2D eigenvalue weighted by Crippen LogP contribution is -2.48. The number of aromatic nitrogens is 2. The van der Waals surface area contributed by atoms with E-state index in [9.17, 15) is 14.0 Å². The molecule has 1 aromatic heterocycles. The van der Waals surface area contributed by atoms with Crippen molar-refractivity contribution in [3.05, 3.63) is 90.1 Å². The Hall–Kier alpha value is -4.07. The number of piperazine rings is 1. The van der Waals surface area contributed by atoms with E-state index in [1.165, 1.54) is 18.2 Å². The molecule has 0 spiro atoms. The molecular formula is C24H20FN5O2. The number of nitrogens with zero attached hydrogens (tertiary/aromatic N) is 5. The summed E-state index contributed by atoms with van der Waals surface area (Å²) in [6, 6.07) is 16.4. The molecule has 160 valence electrons. The van der Waals surface area contributed by atoms with Crippen LogP contribution in [0.5, 0.6) is 0 Å². The van der Waals surface area contributed by atoms with Crippen LogP contribution in [0.15, 0.2) is 78.8 Å². The average Bonchev–Trinajstić information content (AvgIpc) is 3.10. The van der Waals surface area contributed by atoms with Gasteiger partial charge in [-0.2, -0.15) is 0 Å². The maximum Gasteiger partial charge on any atom is 0.282 e. The molecule has 0 saturated carbocycles. The molecule has 0 N–H and O–H groups in total. The van der Waals surface area contributed by atoms with Crippen LogP contribution in [0.4, 0.5) is 16.0 Å². The number of carbonyl (C=O) groups excluding carboxylic acids is 2. The van der Waals surface area contributed by atoms with Crippen molar-refractivity contribution in [2.75, 3.05) is 36.0 Å². The Balaban J connectivity index is 1.50. The van der Waals surface area contributed by atoms with Gasteiger partial charge in [0.25, 0.3) is 11.8 Å². The minimum absolute atomic E-state index is 0.222. The van der Waals surface area contributed by atoms with Gasteiger partial charge < -0.3 is 9.80 Å². The normalized spacial score (nSPS) is 16.8. The van der Waals surface area contributed by atoms with E-state index in [1.807, 2.05) is 40.1 Å². The topological polar surface area (TPSA) is 69.6 Å². The highest BCUT2D eigenvalue weighted by atomic mass is 19.1. The molecule has 32 heavy (non-hydrogen) atoms. The molecular weight excluding hydrogens is 409 g/mol. The molecule has 2 aromatic carbocycles.